The van der Waals surface area contributed by atoms with Crippen molar-refractivity contribution < 1.29 is 9.18 Å². The van der Waals surface area contributed by atoms with E-state index < -0.39 is 0 Å². The predicted octanol–water partition coefficient (Wildman–Crippen LogP) is 2.59. The molecule has 0 aliphatic carbocycles. The average Bonchev–Trinajstić information content (AvgIpc) is 2.69. The Morgan fingerprint density at radius 3 is 2.76 bits per heavy atom. The molecule has 0 spiro atoms. The number of aromatic nitrogens is 1. The lowest BCUT2D eigenvalue weighted by Gasteiger charge is -2.06. The van der Waals surface area contributed by atoms with Crippen molar-refractivity contribution in [1.29, 1.82) is 0 Å². The van der Waals surface area contributed by atoms with Crippen molar-refractivity contribution in [2.75, 3.05) is 11.1 Å². The first kappa shape index (κ1) is 11.9. The molecule has 17 heavy (non-hydrogen) atoms. The van der Waals surface area contributed by atoms with Crippen molar-refractivity contribution >= 4 is 39.9 Å². The molecule has 4 N–H and O–H groups in total. The van der Waals surface area contributed by atoms with E-state index in [1.54, 1.807) is 0 Å². The summed E-state index contributed by atoms with van der Waals surface area (Å²) in [5.74, 6) is -0.650. The molecule has 4 nitrogen and oxygen atoms in total. The number of aromatic amines is 1. The van der Waals surface area contributed by atoms with E-state index in [0.717, 1.165) is 0 Å². The standard InChI is InChI=1S/C11H9FIN3O/c12-6-1-2-9(8(13)3-6)16-11(17)10-4-7(14)5-15-10/h1-5,15H,14H2,(H,16,17). The van der Waals surface area contributed by atoms with Gasteiger partial charge in [0, 0.05) is 15.5 Å². The van der Waals surface area contributed by atoms with Crippen molar-refractivity contribution in [1.82, 2.24) is 4.98 Å². The molecular formula is C11H9FIN3O. The summed E-state index contributed by atoms with van der Waals surface area (Å²) in [7, 11) is 0. The smallest absolute Gasteiger partial charge is 0.272 e. The third-order valence-electron chi connectivity index (χ3n) is 2.13. The number of nitrogens with two attached hydrogens (primary N) is 1. The second-order valence-electron chi connectivity index (χ2n) is 3.42. The van der Waals surface area contributed by atoms with Crippen molar-refractivity contribution in [3.05, 3.63) is 45.5 Å². The Hall–Kier alpha value is -1.57. The van der Waals surface area contributed by atoms with E-state index in [0.29, 0.717) is 20.6 Å². The zero-order chi connectivity index (χ0) is 12.4. The van der Waals surface area contributed by atoms with Gasteiger partial charge in [-0.25, -0.2) is 4.39 Å². The van der Waals surface area contributed by atoms with Gasteiger partial charge in [0.1, 0.15) is 11.5 Å². The molecule has 0 saturated carbocycles. The molecule has 1 aromatic carbocycles. The van der Waals surface area contributed by atoms with Gasteiger partial charge in [-0.05, 0) is 46.9 Å². The van der Waals surface area contributed by atoms with Gasteiger partial charge in [0.05, 0.1) is 5.69 Å². The maximum absolute atomic E-state index is 12.9. The highest BCUT2D eigenvalue weighted by atomic mass is 127. The van der Waals surface area contributed by atoms with E-state index in [9.17, 15) is 9.18 Å². The fourth-order valence-corrected chi connectivity index (χ4v) is 1.93. The van der Waals surface area contributed by atoms with Gasteiger partial charge in [0.25, 0.3) is 5.91 Å². The summed E-state index contributed by atoms with van der Waals surface area (Å²) < 4.78 is 13.5. The molecule has 0 saturated heterocycles. The number of rotatable bonds is 2. The molecule has 0 aliphatic rings. The molecule has 6 heteroatoms. The lowest BCUT2D eigenvalue weighted by molar-refractivity contribution is 0.102. The van der Waals surface area contributed by atoms with Gasteiger partial charge < -0.3 is 16.0 Å². The second kappa shape index (κ2) is 4.74. The highest BCUT2D eigenvalue weighted by Gasteiger charge is 2.10. The quantitative estimate of drug-likeness (QED) is 0.733. The van der Waals surface area contributed by atoms with E-state index in [1.165, 1.54) is 30.5 Å². The maximum atomic E-state index is 12.9. The molecule has 2 rings (SSSR count). The van der Waals surface area contributed by atoms with Crippen LogP contribution in [0.15, 0.2) is 30.5 Å². The number of nitrogen functional groups attached to an aromatic ring is 1. The number of amides is 1. The van der Waals surface area contributed by atoms with Crippen LogP contribution in [0.3, 0.4) is 0 Å². The molecule has 0 bridgehead atoms. The number of anilines is 2. The number of nitrogens with one attached hydrogen (secondary N) is 2. The van der Waals surface area contributed by atoms with Crippen molar-refractivity contribution in [3.63, 3.8) is 0 Å². The van der Waals surface area contributed by atoms with Crippen LogP contribution in [0.4, 0.5) is 15.8 Å². The fraction of sp³-hybridized carbons (Fsp3) is 0. The number of benzene rings is 1. The first-order valence-corrected chi connectivity index (χ1v) is 5.84. The highest BCUT2D eigenvalue weighted by molar-refractivity contribution is 14.1. The minimum absolute atomic E-state index is 0.314. The zero-order valence-electron chi connectivity index (χ0n) is 8.63. The van der Waals surface area contributed by atoms with Crippen LogP contribution in [0.1, 0.15) is 10.5 Å². The summed E-state index contributed by atoms with van der Waals surface area (Å²) in [5.41, 5.74) is 6.91. The Bertz CT molecular complexity index is 568. The van der Waals surface area contributed by atoms with Crippen LogP contribution >= 0.6 is 22.6 Å². The Kier molecular flexibility index (Phi) is 3.32. The fourth-order valence-electron chi connectivity index (χ4n) is 1.32. The number of carbonyl (C=O) groups excluding carboxylic acids is 1. The largest absolute Gasteiger partial charge is 0.397 e. The van der Waals surface area contributed by atoms with Crippen molar-refractivity contribution in [2.24, 2.45) is 0 Å². The molecule has 1 amide bonds. The van der Waals surface area contributed by atoms with Crippen LogP contribution in [0.2, 0.25) is 0 Å². The Balaban J connectivity index is 2.18. The number of H-pyrrole nitrogens is 1. The molecule has 0 unspecified atom stereocenters. The zero-order valence-corrected chi connectivity index (χ0v) is 10.8. The monoisotopic (exact) mass is 345 g/mol. The van der Waals surface area contributed by atoms with Crippen LogP contribution in [0, 0.1) is 9.39 Å². The van der Waals surface area contributed by atoms with E-state index >= 15 is 0 Å². The van der Waals surface area contributed by atoms with Crippen LogP contribution in [-0.2, 0) is 0 Å². The number of carbonyl (C=O) groups is 1. The van der Waals surface area contributed by atoms with Gasteiger partial charge in [-0.15, -0.1) is 0 Å². The van der Waals surface area contributed by atoms with Gasteiger partial charge in [-0.3, -0.25) is 4.79 Å². The van der Waals surface area contributed by atoms with Crippen LogP contribution < -0.4 is 11.1 Å². The summed E-state index contributed by atoms with van der Waals surface area (Å²) in [6, 6.07) is 5.69. The van der Waals surface area contributed by atoms with E-state index in [1.807, 2.05) is 22.6 Å². The lowest BCUT2D eigenvalue weighted by Crippen LogP contribution is -2.13. The van der Waals surface area contributed by atoms with Crippen LogP contribution in [0.5, 0.6) is 0 Å². The third-order valence-corrected chi connectivity index (χ3v) is 3.02. The minimum Gasteiger partial charge on any atom is -0.397 e. The molecule has 2 aromatic rings. The van der Waals surface area contributed by atoms with E-state index in [2.05, 4.69) is 10.3 Å². The Morgan fingerprint density at radius 2 is 2.18 bits per heavy atom. The number of hydrogen-bond donors (Lipinski definition) is 3. The third kappa shape index (κ3) is 2.76. The second-order valence-corrected chi connectivity index (χ2v) is 4.59. The highest BCUT2D eigenvalue weighted by Crippen LogP contribution is 2.19. The average molecular weight is 345 g/mol. The summed E-state index contributed by atoms with van der Waals surface area (Å²) in [6.07, 6.45) is 1.53. The first-order valence-electron chi connectivity index (χ1n) is 4.76. The maximum Gasteiger partial charge on any atom is 0.272 e. The summed E-state index contributed by atoms with van der Waals surface area (Å²) in [5, 5.41) is 2.67. The summed E-state index contributed by atoms with van der Waals surface area (Å²) in [4.78, 5) is 14.5. The normalized spacial score (nSPS) is 10.2. The van der Waals surface area contributed by atoms with Crippen LogP contribution in [0.25, 0.3) is 0 Å². The molecule has 0 radical (unpaired) electrons. The van der Waals surface area contributed by atoms with Gasteiger partial charge in [-0.2, -0.15) is 0 Å². The minimum atomic E-state index is -0.337. The summed E-state index contributed by atoms with van der Waals surface area (Å²) >= 11 is 1.95. The van der Waals surface area contributed by atoms with Crippen molar-refractivity contribution in [2.45, 2.75) is 0 Å². The van der Waals surface area contributed by atoms with Crippen molar-refractivity contribution in [3.8, 4) is 0 Å². The molecule has 88 valence electrons. The predicted molar refractivity (Wildman–Crippen MR) is 72.3 cm³/mol. The van der Waals surface area contributed by atoms with E-state index in [-0.39, 0.29) is 11.7 Å². The van der Waals surface area contributed by atoms with Gasteiger partial charge >= 0.3 is 0 Å². The number of halogens is 2. The lowest BCUT2D eigenvalue weighted by atomic mass is 10.3. The van der Waals surface area contributed by atoms with Gasteiger partial charge in [0.2, 0.25) is 0 Å². The molecule has 1 aromatic heterocycles. The summed E-state index contributed by atoms with van der Waals surface area (Å²) in [6.45, 7) is 0. The number of hydrogen-bond acceptors (Lipinski definition) is 2. The Labute approximate surface area is 111 Å². The molecule has 0 atom stereocenters. The van der Waals surface area contributed by atoms with Gasteiger partial charge in [-0.1, -0.05) is 0 Å². The molecule has 1 heterocycles. The molecular weight excluding hydrogens is 336 g/mol. The topological polar surface area (TPSA) is 70.9 Å². The molecule has 0 aliphatic heterocycles. The van der Waals surface area contributed by atoms with E-state index in [4.69, 9.17) is 5.73 Å². The van der Waals surface area contributed by atoms with Gasteiger partial charge in [0.15, 0.2) is 0 Å². The van der Waals surface area contributed by atoms with Crippen LogP contribution in [-0.4, -0.2) is 10.9 Å². The Morgan fingerprint density at radius 1 is 1.41 bits per heavy atom. The molecule has 0 fully saturated rings. The SMILES string of the molecule is Nc1c[nH]c(C(=O)Nc2ccc(F)cc2I)c1. The first-order chi connectivity index (χ1) is 8.06.